The van der Waals surface area contributed by atoms with Gasteiger partial charge < -0.3 is 13.9 Å². The Kier molecular flexibility index (Phi) is 4.89. The fourth-order valence-electron chi connectivity index (χ4n) is 3.54. The first-order chi connectivity index (χ1) is 14.8. The molecule has 3 aromatic heterocycles. The van der Waals surface area contributed by atoms with Crippen molar-refractivity contribution in [2.75, 3.05) is 6.61 Å². The van der Waals surface area contributed by atoms with Crippen molar-refractivity contribution in [2.45, 2.75) is 20.0 Å². The number of nitriles is 1. The quantitative estimate of drug-likeness (QED) is 0.483. The minimum absolute atomic E-state index is 0.0313. The summed E-state index contributed by atoms with van der Waals surface area (Å²) in [5.41, 5.74) is 0.308. The van der Waals surface area contributed by atoms with Gasteiger partial charge in [-0.15, -0.1) is 0 Å². The smallest absolute Gasteiger partial charge is 0.422 e. The highest BCUT2D eigenvalue weighted by molar-refractivity contribution is 5.86. The van der Waals surface area contributed by atoms with Gasteiger partial charge in [0.1, 0.15) is 28.7 Å². The van der Waals surface area contributed by atoms with Crippen LogP contribution in [0.15, 0.2) is 36.9 Å². The Morgan fingerprint density at radius 1 is 1.23 bits per heavy atom. The van der Waals surface area contributed by atoms with Gasteiger partial charge in [0.15, 0.2) is 5.69 Å². The van der Waals surface area contributed by atoms with Gasteiger partial charge in [-0.2, -0.15) is 18.4 Å². The van der Waals surface area contributed by atoms with Gasteiger partial charge >= 0.3 is 6.18 Å². The van der Waals surface area contributed by atoms with Crippen molar-refractivity contribution < 1.29 is 17.9 Å². The molecule has 7 nitrogen and oxygen atoms in total. The third kappa shape index (κ3) is 3.38. The van der Waals surface area contributed by atoms with Crippen molar-refractivity contribution >= 4 is 11.0 Å². The molecular formula is C21H17F3N6O. The van der Waals surface area contributed by atoms with Crippen LogP contribution in [0.4, 0.5) is 13.2 Å². The number of hydrogen-bond donors (Lipinski definition) is 0. The molecule has 0 fully saturated rings. The van der Waals surface area contributed by atoms with Gasteiger partial charge in [-0.05, 0) is 32.0 Å². The molecule has 4 aromatic rings. The molecule has 0 spiro atoms. The summed E-state index contributed by atoms with van der Waals surface area (Å²) in [5.74, 6) is 0.0754. The Hall–Kier alpha value is -3.87. The van der Waals surface area contributed by atoms with E-state index in [9.17, 15) is 18.4 Å². The summed E-state index contributed by atoms with van der Waals surface area (Å²) in [6, 6.07) is 6.39. The van der Waals surface area contributed by atoms with Crippen LogP contribution in [0.3, 0.4) is 0 Å². The van der Waals surface area contributed by atoms with Crippen LogP contribution >= 0.6 is 0 Å². The number of rotatable bonds is 4. The third-order valence-electron chi connectivity index (χ3n) is 4.88. The van der Waals surface area contributed by atoms with E-state index in [1.807, 2.05) is 6.07 Å². The summed E-state index contributed by atoms with van der Waals surface area (Å²) in [6.45, 7) is 3.30. The van der Waals surface area contributed by atoms with Gasteiger partial charge in [0, 0.05) is 25.0 Å². The number of halogens is 3. The first kappa shape index (κ1) is 20.4. The van der Waals surface area contributed by atoms with Crippen molar-refractivity contribution in [3.05, 3.63) is 54.0 Å². The maximum atomic E-state index is 14.3. The first-order valence-electron chi connectivity index (χ1n) is 9.36. The molecule has 0 atom stereocenters. The number of imidazole rings is 2. The van der Waals surface area contributed by atoms with Crippen LogP contribution in [0, 0.1) is 18.3 Å². The van der Waals surface area contributed by atoms with Crippen LogP contribution < -0.4 is 4.74 Å². The number of alkyl halides is 3. The molecule has 0 saturated carbocycles. The maximum Gasteiger partial charge on any atom is 0.422 e. The van der Waals surface area contributed by atoms with Crippen molar-refractivity contribution in [1.29, 1.82) is 5.26 Å². The van der Waals surface area contributed by atoms with Crippen LogP contribution in [-0.4, -0.2) is 30.7 Å². The molecule has 0 saturated heterocycles. The molecule has 0 radical (unpaired) electrons. The van der Waals surface area contributed by atoms with Gasteiger partial charge in [0.05, 0.1) is 29.8 Å². The van der Waals surface area contributed by atoms with Gasteiger partial charge in [0.2, 0.25) is 0 Å². The Morgan fingerprint density at radius 3 is 2.61 bits per heavy atom. The van der Waals surface area contributed by atoms with E-state index in [2.05, 4.69) is 15.0 Å². The Morgan fingerprint density at radius 2 is 2.00 bits per heavy atom. The predicted octanol–water partition coefficient (Wildman–Crippen LogP) is 4.42. The van der Waals surface area contributed by atoms with Gasteiger partial charge in [-0.1, -0.05) is 0 Å². The molecule has 0 unspecified atom stereocenters. The van der Waals surface area contributed by atoms with Gasteiger partial charge in [-0.3, -0.25) is 0 Å². The van der Waals surface area contributed by atoms with E-state index in [1.165, 1.54) is 35.4 Å². The summed E-state index contributed by atoms with van der Waals surface area (Å²) in [4.78, 5) is 12.6. The SMILES string of the molecule is CCOc1ccc(-c2cc3c(ncn3C)c(C#N)n2)c(-n2ccnc2C)c1C(F)(F)F. The molecule has 10 heteroatoms. The monoisotopic (exact) mass is 426 g/mol. The Labute approximate surface area is 175 Å². The lowest BCUT2D eigenvalue weighted by Crippen LogP contribution is -2.15. The number of benzene rings is 1. The van der Waals surface area contributed by atoms with E-state index in [0.29, 0.717) is 16.9 Å². The zero-order chi connectivity index (χ0) is 22.3. The minimum Gasteiger partial charge on any atom is -0.493 e. The molecule has 158 valence electrons. The van der Waals surface area contributed by atoms with E-state index in [4.69, 9.17) is 4.74 Å². The number of pyridine rings is 1. The van der Waals surface area contributed by atoms with E-state index >= 15 is 0 Å². The molecule has 3 heterocycles. The highest BCUT2D eigenvalue weighted by Crippen LogP contribution is 2.45. The lowest BCUT2D eigenvalue weighted by atomic mass is 10.0. The second-order valence-electron chi connectivity index (χ2n) is 6.80. The lowest BCUT2D eigenvalue weighted by Gasteiger charge is -2.21. The molecule has 1 aromatic carbocycles. The van der Waals surface area contributed by atoms with E-state index < -0.39 is 11.7 Å². The highest BCUT2D eigenvalue weighted by Gasteiger charge is 2.40. The second-order valence-corrected chi connectivity index (χ2v) is 6.80. The van der Waals surface area contributed by atoms with Crippen molar-refractivity contribution in [1.82, 2.24) is 24.1 Å². The molecule has 0 aliphatic heterocycles. The summed E-state index contributed by atoms with van der Waals surface area (Å²) in [7, 11) is 1.74. The molecule has 0 aliphatic rings. The van der Waals surface area contributed by atoms with Gasteiger partial charge in [-0.25, -0.2) is 15.0 Å². The molecule has 4 rings (SSSR count). The summed E-state index contributed by atoms with van der Waals surface area (Å²) < 4.78 is 51.1. The number of aromatic nitrogens is 5. The van der Waals surface area contributed by atoms with Crippen LogP contribution in [0.5, 0.6) is 5.75 Å². The normalized spacial score (nSPS) is 11.6. The van der Waals surface area contributed by atoms with Crippen LogP contribution in [0.25, 0.3) is 28.0 Å². The van der Waals surface area contributed by atoms with Crippen LogP contribution in [0.2, 0.25) is 0 Å². The van der Waals surface area contributed by atoms with Crippen molar-refractivity contribution in [2.24, 2.45) is 7.05 Å². The zero-order valence-electron chi connectivity index (χ0n) is 16.9. The second kappa shape index (κ2) is 7.43. The number of ether oxygens (including phenoxy) is 1. The standard InChI is InChI=1S/C21H17F3N6O/c1-4-31-17-6-5-13(14-9-16-19(15(10-25)28-14)27-11-29(16)3)20(18(17)21(22,23)24)30-8-7-26-12(30)2/h5-9,11H,4H2,1-3H3. The van der Waals surface area contributed by atoms with Gasteiger partial charge in [0.25, 0.3) is 0 Å². The van der Waals surface area contributed by atoms with E-state index in [-0.39, 0.29) is 35.0 Å². The number of fused-ring (bicyclic) bond motifs is 1. The molecule has 0 amide bonds. The molecule has 0 aliphatic carbocycles. The van der Waals surface area contributed by atoms with E-state index in [1.54, 1.807) is 31.5 Å². The van der Waals surface area contributed by atoms with Crippen molar-refractivity contribution in [3.63, 3.8) is 0 Å². The van der Waals surface area contributed by atoms with Crippen LogP contribution in [-0.2, 0) is 13.2 Å². The molecule has 0 N–H and O–H groups in total. The minimum atomic E-state index is -4.71. The average Bonchev–Trinajstić information content (AvgIpc) is 3.32. The zero-order valence-corrected chi connectivity index (χ0v) is 16.9. The number of hydrogen-bond acceptors (Lipinski definition) is 5. The van der Waals surface area contributed by atoms with Crippen molar-refractivity contribution in [3.8, 4) is 28.8 Å². The number of aryl methyl sites for hydroxylation is 2. The molecular weight excluding hydrogens is 409 g/mol. The number of nitrogens with zero attached hydrogens (tertiary/aromatic N) is 6. The summed E-state index contributed by atoms with van der Waals surface area (Å²) >= 11 is 0. The molecule has 0 bridgehead atoms. The largest absolute Gasteiger partial charge is 0.493 e. The van der Waals surface area contributed by atoms with Crippen LogP contribution in [0.1, 0.15) is 24.0 Å². The average molecular weight is 426 g/mol. The lowest BCUT2D eigenvalue weighted by molar-refractivity contribution is -0.138. The molecule has 31 heavy (non-hydrogen) atoms. The predicted molar refractivity (Wildman–Crippen MR) is 107 cm³/mol. The fraction of sp³-hybridized carbons (Fsp3) is 0.238. The Bertz CT molecular complexity index is 1330. The highest BCUT2D eigenvalue weighted by atomic mass is 19.4. The third-order valence-corrected chi connectivity index (χ3v) is 4.88. The maximum absolute atomic E-state index is 14.3. The first-order valence-corrected chi connectivity index (χ1v) is 9.36. The fourth-order valence-corrected chi connectivity index (χ4v) is 3.54. The summed E-state index contributed by atoms with van der Waals surface area (Å²) in [6.07, 6.45) is -0.309. The van der Waals surface area contributed by atoms with E-state index in [0.717, 1.165) is 0 Å². The Balaban J connectivity index is 2.13. The summed E-state index contributed by atoms with van der Waals surface area (Å²) in [5, 5.41) is 9.53. The topological polar surface area (TPSA) is 81.5 Å².